The third kappa shape index (κ3) is 5.94. The summed E-state index contributed by atoms with van der Waals surface area (Å²) in [5.74, 6) is 0. The Morgan fingerprint density at radius 2 is 1.50 bits per heavy atom. The molecule has 3 heteroatoms. The van der Waals surface area contributed by atoms with Crippen molar-refractivity contribution in [2.45, 2.75) is 97.4 Å². The maximum atomic E-state index is 12.3. The van der Waals surface area contributed by atoms with E-state index in [-0.39, 0.29) is 11.1 Å². The summed E-state index contributed by atoms with van der Waals surface area (Å²) in [4.78, 5) is 12.3. The highest BCUT2D eigenvalue weighted by Gasteiger charge is 2.27. The van der Waals surface area contributed by atoms with Crippen molar-refractivity contribution in [3.8, 4) is 0 Å². The van der Waals surface area contributed by atoms with Crippen LogP contribution in [0.3, 0.4) is 0 Å². The molecule has 0 fully saturated rings. The number of hydrogen-bond acceptors (Lipinski definition) is 2. The number of hydrogen-bond donors (Lipinski definition) is 0. The maximum Gasteiger partial charge on any atom is 0.267 e. The van der Waals surface area contributed by atoms with Crippen LogP contribution in [-0.4, -0.2) is 9.78 Å². The van der Waals surface area contributed by atoms with E-state index in [1.54, 1.807) is 10.7 Å². The van der Waals surface area contributed by atoms with Crippen molar-refractivity contribution in [3.63, 3.8) is 0 Å². The van der Waals surface area contributed by atoms with Gasteiger partial charge in [0.05, 0.1) is 11.2 Å². The molecular weight excluding hydrogens is 272 g/mol. The maximum absolute atomic E-state index is 12.3. The number of nitrogens with zero attached hydrogens (tertiary/aromatic N) is 2. The molecule has 1 heterocycles. The standard InChI is InChI=1S/C19H34N2O/c1-5-7-9-11-15-19(4,16-12-10-8-6-2)21-18(22)14-13-17(3)20-21/h13-14H,5-12,15-16H2,1-4H3. The van der Waals surface area contributed by atoms with Gasteiger partial charge >= 0.3 is 0 Å². The Bertz CT molecular complexity index is 467. The van der Waals surface area contributed by atoms with Crippen LogP contribution in [0.4, 0.5) is 0 Å². The van der Waals surface area contributed by atoms with Gasteiger partial charge in [0.2, 0.25) is 0 Å². The van der Waals surface area contributed by atoms with Gasteiger partial charge in [0.25, 0.3) is 5.56 Å². The molecule has 0 unspecified atom stereocenters. The smallest absolute Gasteiger partial charge is 0.267 e. The van der Waals surface area contributed by atoms with Crippen LogP contribution in [0, 0.1) is 6.92 Å². The summed E-state index contributed by atoms with van der Waals surface area (Å²) < 4.78 is 1.76. The number of aromatic nitrogens is 2. The fourth-order valence-electron chi connectivity index (χ4n) is 3.09. The SMILES string of the molecule is CCCCCCC(C)(CCCCCC)n1nc(C)ccc1=O. The zero-order chi connectivity index (χ0) is 16.4. The molecule has 0 radical (unpaired) electrons. The second kappa shape index (κ2) is 9.81. The monoisotopic (exact) mass is 306 g/mol. The highest BCUT2D eigenvalue weighted by atomic mass is 16.1. The van der Waals surface area contributed by atoms with Crippen molar-refractivity contribution < 1.29 is 0 Å². The Morgan fingerprint density at radius 1 is 0.955 bits per heavy atom. The zero-order valence-corrected chi connectivity index (χ0v) is 15.0. The highest BCUT2D eigenvalue weighted by molar-refractivity contribution is 4.99. The molecule has 0 aliphatic heterocycles. The summed E-state index contributed by atoms with van der Waals surface area (Å²) >= 11 is 0. The zero-order valence-electron chi connectivity index (χ0n) is 15.0. The molecule has 0 bridgehead atoms. The quantitative estimate of drug-likeness (QED) is 0.526. The van der Waals surface area contributed by atoms with Gasteiger partial charge in [0.15, 0.2) is 0 Å². The van der Waals surface area contributed by atoms with Crippen LogP contribution in [0.5, 0.6) is 0 Å². The first-order valence-corrected chi connectivity index (χ1v) is 9.11. The van der Waals surface area contributed by atoms with Gasteiger partial charge in [-0.2, -0.15) is 5.10 Å². The molecule has 1 aromatic heterocycles. The average Bonchev–Trinajstić information content (AvgIpc) is 2.51. The van der Waals surface area contributed by atoms with Crippen LogP contribution in [0.15, 0.2) is 16.9 Å². The minimum Gasteiger partial charge on any atom is -0.268 e. The lowest BCUT2D eigenvalue weighted by Gasteiger charge is -2.31. The van der Waals surface area contributed by atoms with Gasteiger partial charge in [-0.3, -0.25) is 4.79 Å². The molecule has 0 spiro atoms. The van der Waals surface area contributed by atoms with Crippen LogP contribution in [0.1, 0.15) is 90.7 Å². The molecule has 0 aliphatic carbocycles. The molecule has 0 amide bonds. The van der Waals surface area contributed by atoms with E-state index >= 15 is 0 Å². The van der Waals surface area contributed by atoms with Crippen molar-refractivity contribution in [2.24, 2.45) is 0 Å². The largest absolute Gasteiger partial charge is 0.268 e. The lowest BCUT2D eigenvalue weighted by molar-refractivity contribution is 0.216. The molecule has 0 saturated carbocycles. The third-order valence-electron chi connectivity index (χ3n) is 4.58. The van der Waals surface area contributed by atoms with Crippen LogP contribution in [0.25, 0.3) is 0 Å². The van der Waals surface area contributed by atoms with E-state index in [1.807, 2.05) is 13.0 Å². The Hall–Kier alpha value is -1.12. The van der Waals surface area contributed by atoms with Crippen molar-refractivity contribution in [1.29, 1.82) is 0 Å². The molecule has 0 aromatic carbocycles. The summed E-state index contributed by atoms with van der Waals surface area (Å²) in [7, 11) is 0. The first-order chi connectivity index (χ1) is 10.5. The van der Waals surface area contributed by atoms with Crippen LogP contribution >= 0.6 is 0 Å². The van der Waals surface area contributed by atoms with Crippen molar-refractivity contribution in [3.05, 3.63) is 28.2 Å². The molecule has 0 saturated heterocycles. The second-order valence-corrected chi connectivity index (χ2v) is 6.84. The van der Waals surface area contributed by atoms with E-state index in [0.717, 1.165) is 18.5 Å². The summed E-state index contributed by atoms with van der Waals surface area (Å²) in [5, 5.41) is 4.55. The molecule has 3 nitrogen and oxygen atoms in total. The van der Waals surface area contributed by atoms with Crippen LogP contribution in [-0.2, 0) is 5.54 Å². The van der Waals surface area contributed by atoms with Gasteiger partial charge in [-0.25, -0.2) is 4.68 Å². The van der Waals surface area contributed by atoms with Crippen molar-refractivity contribution in [1.82, 2.24) is 9.78 Å². The van der Waals surface area contributed by atoms with Crippen molar-refractivity contribution >= 4 is 0 Å². The normalized spacial score (nSPS) is 11.8. The first kappa shape index (κ1) is 18.9. The Balaban J connectivity index is 2.83. The van der Waals surface area contributed by atoms with Crippen LogP contribution in [0.2, 0.25) is 0 Å². The minimum atomic E-state index is -0.134. The molecular formula is C19H34N2O. The van der Waals surface area contributed by atoms with E-state index in [9.17, 15) is 4.79 Å². The predicted molar refractivity (Wildman–Crippen MR) is 94.4 cm³/mol. The average molecular weight is 306 g/mol. The van der Waals surface area contributed by atoms with Gasteiger partial charge < -0.3 is 0 Å². The fraction of sp³-hybridized carbons (Fsp3) is 0.789. The second-order valence-electron chi connectivity index (χ2n) is 6.84. The van der Waals surface area contributed by atoms with E-state index in [4.69, 9.17) is 0 Å². The Labute approximate surface area is 136 Å². The summed E-state index contributed by atoms with van der Waals surface area (Å²) in [6.07, 6.45) is 12.0. The van der Waals surface area contributed by atoms with Crippen molar-refractivity contribution in [2.75, 3.05) is 0 Å². The fourth-order valence-corrected chi connectivity index (χ4v) is 3.09. The Morgan fingerprint density at radius 3 is 2.00 bits per heavy atom. The van der Waals surface area contributed by atoms with Gasteiger partial charge in [-0.15, -0.1) is 0 Å². The van der Waals surface area contributed by atoms with Gasteiger partial charge in [-0.05, 0) is 32.8 Å². The third-order valence-corrected chi connectivity index (χ3v) is 4.58. The molecule has 0 aliphatic rings. The lowest BCUT2D eigenvalue weighted by atomic mass is 9.88. The molecule has 0 atom stereocenters. The predicted octanol–water partition coefficient (Wildman–Crippen LogP) is 5.21. The molecule has 0 N–H and O–H groups in total. The lowest BCUT2D eigenvalue weighted by Crippen LogP contribution is -2.40. The summed E-state index contributed by atoms with van der Waals surface area (Å²) in [6.45, 7) is 8.65. The number of rotatable bonds is 11. The molecule has 126 valence electrons. The van der Waals surface area contributed by atoms with Gasteiger partial charge in [0, 0.05) is 6.07 Å². The van der Waals surface area contributed by atoms with Crippen LogP contribution < -0.4 is 5.56 Å². The van der Waals surface area contributed by atoms with E-state index < -0.39 is 0 Å². The summed E-state index contributed by atoms with van der Waals surface area (Å²) in [6, 6.07) is 3.48. The first-order valence-electron chi connectivity index (χ1n) is 9.11. The molecule has 1 aromatic rings. The topological polar surface area (TPSA) is 34.9 Å². The minimum absolute atomic E-state index is 0.0408. The number of unbranched alkanes of at least 4 members (excludes halogenated alkanes) is 6. The van der Waals surface area contributed by atoms with Gasteiger partial charge in [-0.1, -0.05) is 65.2 Å². The van der Waals surface area contributed by atoms with E-state index in [1.165, 1.54) is 51.4 Å². The molecule has 22 heavy (non-hydrogen) atoms. The number of aryl methyl sites for hydroxylation is 1. The summed E-state index contributed by atoms with van der Waals surface area (Å²) in [5.41, 5.74) is 0.830. The van der Waals surface area contributed by atoms with E-state index in [0.29, 0.717) is 0 Å². The van der Waals surface area contributed by atoms with E-state index in [2.05, 4.69) is 25.9 Å². The molecule has 1 rings (SSSR count). The Kier molecular flexibility index (Phi) is 8.44. The highest BCUT2D eigenvalue weighted by Crippen LogP contribution is 2.28. The van der Waals surface area contributed by atoms with Gasteiger partial charge in [0.1, 0.15) is 0 Å².